The van der Waals surface area contributed by atoms with E-state index in [1.54, 1.807) is 6.07 Å². The predicted molar refractivity (Wildman–Crippen MR) is 102 cm³/mol. The number of rotatable bonds is 4. The summed E-state index contributed by atoms with van der Waals surface area (Å²) in [5, 5.41) is 0.306. The number of carbonyl (C=O) groups excluding carboxylic acids is 1. The Morgan fingerprint density at radius 1 is 1.31 bits per heavy atom. The molecule has 1 aliphatic heterocycles. The van der Waals surface area contributed by atoms with Gasteiger partial charge >= 0.3 is 0 Å². The van der Waals surface area contributed by atoms with Crippen molar-refractivity contribution in [2.75, 3.05) is 26.3 Å². The fourth-order valence-electron chi connectivity index (χ4n) is 3.06. The van der Waals surface area contributed by atoms with Gasteiger partial charge in [-0.25, -0.2) is 9.97 Å². The van der Waals surface area contributed by atoms with E-state index in [4.69, 9.17) is 16.3 Å². The maximum absolute atomic E-state index is 13.1. The van der Waals surface area contributed by atoms with Gasteiger partial charge in [0.05, 0.1) is 29.4 Å². The van der Waals surface area contributed by atoms with E-state index in [2.05, 4.69) is 30.8 Å². The van der Waals surface area contributed by atoms with Crippen molar-refractivity contribution in [2.45, 2.75) is 6.54 Å². The van der Waals surface area contributed by atoms with Gasteiger partial charge in [0.1, 0.15) is 4.60 Å². The minimum Gasteiger partial charge on any atom is -0.379 e. The Hall–Kier alpha value is -1.80. The third-order valence-electron chi connectivity index (χ3n) is 4.37. The number of aromatic nitrogens is 3. The fraction of sp³-hybridized carbons (Fsp3) is 0.278. The molecule has 4 heterocycles. The molecule has 0 unspecified atom stereocenters. The van der Waals surface area contributed by atoms with Crippen molar-refractivity contribution in [1.82, 2.24) is 19.3 Å². The summed E-state index contributed by atoms with van der Waals surface area (Å²) in [5.74, 6) is 0.122. The third kappa shape index (κ3) is 3.40. The molecule has 0 aliphatic carbocycles. The minimum absolute atomic E-state index is 0.229. The number of imidazole rings is 1. The van der Waals surface area contributed by atoms with E-state index in [0.717, 1.165) is 37.5 Å². The first kappa shape index (κ1) is 17.6. The Morgan fingerprint density at radius 2 is 2.12 bits per heavy atom. The maximum atomic E-state index is 13.1. The highest BCUT2D eigenvalue weighted by atomic mass is 79.9. The Labute approximate surface area is 163 Å². The van der Waals surface area contributed by atoms with E-state index in [1.807, 2.05) is 28.8 Å². The minimum atomic E-state index is -0.229. The third-order valence-corrected chi connectivity index (χ3v) is 5.11. The largest absolute Gasteiger partial charge is 0.379 e. The van der Waals surface area contributed by atoms with Crippen molar-refractivity contribution < 1.29 is 9.53 Å². The lowest BCUT2D eigenvalue weighted by Gasteiger charge is -2.25. The lowest BCUT2D eigenvalue weighted by atomic mass is 10.1. The molecule has 3 aromatic rings. The number of fused-ring (bicyclic) bond motifs is 1. The van der Waals surface area contributed by atoms with Crippen molar-refractivity contribution >= 4 is 38.8 Å². The van der Waals surface area contributed by atoms with Gasteiger partial charge < -0.3 is 4.74 Å². The first-order valence-corrected chi connectivity index (χ1v) is 9.42. The topological polar surface area (TPSA) is 59.7 Å². The number of morpholine rings is 1. The summed E-state index contributed by atoms with van der Waals surface area (Å²) < 4.78 is 7.78. The molecular formula is C18H16BrClN4O2. The first-order chi connectivity index (χ1) is 12.6. The monoisotopic (exact) mass is 434 g/mol. The average molecular weight is 436 g/mol. The number of ether oxygens (including phenoxy) is 1. The molecule has 8 heteroatoms. The van der Waals surface area contributed by atoms with Crippen molar-refractivity contribution in [3.8, 4) is 0 Å². The van der Waals surface area contributed by atoms with E-state index in [1.165, 1.54) is 6.20 Å². The molecule has 0 saturated carbocycles. The SMILES string of the molecule is O=C(c1cc(Br)ncc1Cl)c1nc(CN2CCOCC2)c2ccccn12. The maximum Gasteiger partial charge on any atom is 0.230 e. The molecule has 0 amide bonds. The van der Waals surface area contributed by atoms with Gasteiger partial charge in [0, 0.05) is 37.6 Å². The van der Waals surface area contributed by atoms with Crippen LogP contribution in [0, 0.1) is 0 Å². The van der Waals surface area contributed by atoms with Crippen LogP contribution in [0.5, 0.6) is 0 Å². The molecule has 134 valence electrons. The molecule has 6 nitrogen and oxygen atoms in total. The Bertz CT molecular complexity index is 969. The van der Waals surface area contributed by atoms with Gasteiger partial charge in [-0.2, -0.15) is 0 Å². The van der Waals surface area contributed by atoms with E-state index >= 15 is 0 Å². The summed E-state index contributed by atoms with van der Waals surface area (Å²) in [4.78, 5) is 24.1. The molecule has 26 heavy (non-hydrogen) atoms. The zero-order chi connectivity index (χ0) is 18.1. The van der Waals surface area contributed by atoms with Crippen LogP contribution in [0.3, 0.4) is 0 Å². The van der Waals surface area contributed by atoms with Gasteiger partial charge in [-0.1, -0.05) is 17.7 Å². The number of hydrogen-bond acceptors (Lipinski definition) is 5. The number of halogens is 2. The normalized spacial score (nSPS) is 15.5. The molecular weight excluding hydrogens is 420 g/mol. The second kappa shape index (κ2) is 7.44. The van der Waals surface area contributed by atoms with Crippen LogP contribution in [0.1, 0.15) is 21.9 Å². The summed E-state index contributed by atoms with van der Waals surface area (Å²) in [7, 11) is 0. The Balaban J connectivity index is 1.75. The molecule has 0 spiro atoms. The van der Waals surface area contributed by atoms with Crippen LogP contribution < -0.4 is 0 Å². The van der Waals surface area contributed by atoms with Crippen LogP contribution in [0.2, 0.25) is 5.02 Å². The van der Waals surface area contributed by atoms with Crippen molar-refractivity contribution in [1.29, 1.82) is 0 Å². The van der Waals surface area contributed by atoms with Gasteiger partial charge in [-0.05, 0) is 34.1 Å². The van der Waals surface area contributed by atoms with Crippen LogP contribution in [0.4, 0.5) is 0 Å². The second-order valence-electron chi connectivity index (χ2n) is 6.04. The van der Waals surface area contributed by atoms with Gasteiger partial charge in [-0.15, -0.1) is 0 Å². The van der Waals surface area contributed by atoms with Gasteiger partial charge in [0.25, 0.3) is 0 Å². The molecule has 0 N–H and O–H groups in total. The van der Waals surface area contributed by atoms with Crippen molar-refractivity contribution in [2.24, 2.45) is 0 Å². The molecule has 1 aliphatic rings. The zero-order valence-electron chi connectivity index (χ0n) is 13.9. The van der Waals surface area contributed by atoms with Crippen LogP contribution >= 0.6 is 27.5 Å². The van der Waals surface area contributed by atoms with Crippen LogP contribution in [0.15, 0.2) is 41.3 Å². The van der Waals surface area contributed by atoms with E-state index in [9.17, 15) is 4.79 Å². The lowest BCUT2D eigenvalue weighted by Crippen LogP contribution is -2.35. The summed E-state index contributed by atoms with van der Waals surface area (Å²) >= 11 is 9.48. The molecule has 0 aromatic carbocycles. The molecule has 4 rings (SSSR count). The number of hydrogen-bond donors (Lipinski definition) is 0. The standard InChI is InChI=1S/C18H16BrClN4O2/c19-16-9-12(13(20)10-21-16)17(25)18-22-14(11-23-5-7-26-8-6-23)15-3-1-2-4-24(15)18/h1-4,9-10H,5-8,11H2. The fourth-order valence-corrected chi connectivity index (χ4v) is 3.58. The quantitative estimate of drug-likeness (QED) is 0.465. The van der Waals surface area contributed by atoms with Crippen molar-refractivity contribution in [3.63, 3.8) is 0 Å². The van der Waals surface area contributed by atoms with Gasteiger partial charge in [0.2, 0.25) is 5.78 Å². The first-order valence-electron chi connectivity index (χ1n) is 8.25. The molecule has 0 atom stereocenters. The summed E-state index contributed by atoms with van der Waals surface area (Å²) in [6, 6.07) is 7.43. The van der Waals surface area contributed by atoms with E-state index in [0.29, 0.717) is 27.6 Å². The van der Waals surface area contributed by atoms with Crippen LogP contribution in [0.25, 0.3) is 5.52 Å². The van der Waals surface area contributed by atoms with E-state index < -0.39 is 0 Å². The van der Waals surface area contributed by atoms with E-state index in [-0.39, 0.29) is 5.78 Å². The molecule has 3 aromatic heterocycles. The number of carbonyl (C=O) groups is 1. The molecule has 1 saturated heterocycles. The average Bonchev–Trinajstić information content (AvgIpc) is 3.03. The van der Waals surface area contributed by atoms with Gasteiger partial charge in [0.15, 0.2) is 5.82 Å². The van der Waals surface area contributed by atoms with Gasteiger partial charge in [-0.3, -0.25) is 14.1 Å². The molecule has 0 radical (unpaired) electrons. The summed E-state index contributed by atoms with van der Waals surface area (Å²) in [6.07, 6.45) is 3.31. The Kier molecular flexibility index (Phi) is 5.04. The summed E-state index contributed by atoms with van der Waals surface area (Å²) in [5.41, 5.74) is 2.17. The number of nitrogens with zero attached hydrogens (tertiary/aromatic N) is 4. The number of pyridine rings is 2. The van der Waals surface area contributed by atoms with Crippen LogP contribution in [-0.2, 0) is 11.3 Å². The van der Waals surface area contributed by atoms with Crippen molar-refractivity contribution in [3.05, 3.63) is 63.4 Å². The predicted octanol–water partition coefficient (Wildman–Crippen LogP) is 3.21. The summed E-state index contributed by atoms with van der Waals surface area (Å²) in [6.45, 7) is 3.84. The second-order valence-corrected chi connectivity index (χ2v) is 7.26. The lowest BCUT2D eigenvalue weighted by molar-refractivity contribution is 0.0338. The van der Waals surface area contributed by atoms with Crippen LogP contribution in [-0.4, -0.2) is 51.4 Å². The molecule has 1 fully saturated rings. The zero-order valence-corrected chi connectivity index (χ0v) is 16.2. The Morgan fingerprint density at radius 3 is 2.92 bits per heavy atom. The highest BCUT2D eigenvalue weighted by molar-refractivity contribution is 9.10. The molecule has 0 bridgehead atoms. The number of ketones is 1. The highest BCUT2D eigenvalue weighted by Gasteiger charge is 2.22. The smallest absolute Gasteiger partial charge is 0.230 e. The highest BCUT2D eigenvalue weighted by Crippen LogP contribution is 2.23.